The molecule has 3 aromatic carbocycles. The van der Waals surface area contributed by atoms with E-state index in [1.54, 1.807) is 0 Å². The molecule has 0 radical (unpaired) electrons. The normalized spacial score (nSPS) is 16.9. The molecule has 38 heavy (non-hydrogen) atoms. The van der Waals surface area contributed by atoms with Crippen LogP contribution in [0.3, 0.4) is 0 Å². The van der Waals surface area contributed by atoms with Crippen molar-refractivity contribution in [3.63, 3.8) is 0 Å². The number of halogens is 2. The Morgan fingerprint density at radius 2 is 1.71 bits per heavy atom. The van der Waals surface area contributed by atoms with Crippen LogP contribution < -0.4 is 14.5 Å². The molecule has 1 aliphatic heterocycles. The highest BCUT2D eigenvalue weighted by Crippen LogP contribution is 2.45. The third kappa shape index (κ3) is 4.38. The average Bonchev–Trinajstić information content (AvgIpc) is 3.41. The van der Waals surface area contributed by atoms with Crippen molar-refractivity contribution < 1.29 is 19.4 Å². The molecule has 0 aliphatic carbocycles. The summed E-state index contributed by atoms with van der Waals surface area (Å²) in [6, 6.07) is 15.2. The number of ether oxygens (including phenoxy) is 1. The highest BCUT2D eigenvalue weighted by Gasteiger charge is 2.48. The molecule has 1 atom stereocenters. The molecule has 7 nitrogen and oxygen atoms in total. The minimum Gasteiger partial charge on any atom is -0.507 e. The van der Waals surface area contributed by atoms with Gasteiger partial charge in [0.1, 0.15) is 5.76 Å². The van der Waals surface area contributed by atoms with Crippen molar-refractivity contribution >= 4 is 73.0 Å². The molecule has 1 fully saturated rings. The second-order valence-electron chi connectivity index (χ2n) is 9.10. The Balaban J connectivity index is 1.73. The Bertz CT molecular complexity index is 1610. The SMILES string of the molecule is COc1c(Cl)cc(/C(O)=C2\C(=O)C(=O)N(c3nc4ccc(C)cc4s3)C2c2ccc(N(C)C)cc2)cc1Cl. The fourth-order valence-corrected chi connectivity index (χ4v) is 6.20. The number of aromatic nitrogens is 1. The summed E-state index contributed by atoms with van der Waals surface area (Å²) in [6.45, 7) is 1.97. The van der Waals surface area contributed by atoms with Crippen molar-refractivity contribution in [2.75, 3.05) is 31.0 Å². The van der Waals surface area contributed by atoms with Gasteiger partial charge >= 0.3 is 5.91 Å². The molecule has 0 saturated carbocycles. The van der Waals surface area contributed by atoms with Crippen LogP contribution in [0.4, 0.5) is 10.8 Å². The molecule has 4 aromatic rings. The molecule has 5 rings (SSSR count). The molecule has 1 N–H and O–H groups in total. The van der Waals surface area contributed by atoms with Crippen LogP contribution in [0.2, 0.25) is 10.0 Å². The lowest BCUT2D eigenvalue weighted by molar-refractivity contribution is -0.132. The number of carbonyl (C=O) groups excluding carboxylic acids is 2. The zero-order valence-electron chi connectivity index (χ0n) is 21.0. The summed E-state index contributed by atoms with van der Waals surface area (Å²) in [5, 5.41) is 12.1. The van der Waals surface area contributed by atoms with Gasteiger partial charge in [0.05, 0.1) is 39.0 Å². The number of Topliss-reactive ketones (excluding diaryl/α,β-unsaturated/α-hetero) is 1. The predicted molar refractivity (Wildman–Crippen MR) is 153 cm³/mol. The maximum Gasteiger partial charge on any atom is 0.301 e. The van der Waals surface area contributed by atoms with E-state index in [1.807, 2.05) is 68.4 Å². The van der Waals surface area contributed by atoms with Crippen LogP contribution in [0, 0.1) is 6.92 Å². The molecule has 1 saturated heterocycles. The van der Waals surface area contributed by atoms with Crippen molar-refractivity contribution in [1.29, 1.82) is 0 Å². The lowest BCUT2D eigenvalue weighted by Gasteiger charge is -2.24. The molecule has 0 spiro atoms. The summed E-state index contributed by atoms with van der Waals surface area (Å²) < 4.78 is 6.09. The highest BCUT2D eigenvalue weighted by molar-refractivity contribution is 7.22. The molecule has 194 valence electrons. The number of fused-ring (bicyclic) bond motifs is 1. The van der Waals surface area contributed by atoms with E-state index in [1.165, 1.54) is 35.5 Å². The summed E-state index contributed by atoms with van der Waals surface area (Å²) in [5.74, 6) is -1.76. The number of benzene rings is 3. The Kier molecular flexibility index (Phi) is 6.81. The Morgan fingerprint density at radius 3 is 2.32 bits per heavy atom. The summed E-state index contributed by atoms with van der Waals surface area (Å²) in [4.78, 5) is 35.0. The van der Waals surface area contributed by atoms with Crippen LogP contribution in [-0.2, 0) is 9.59 Å². The number of aryl methyl sites for hydroxylation is 1. The monoisotopic (exact) mass is 567 g/mol. The van der Waals surface area contributed by atoms with Gasteiger partial charge in [0.15, 0.2) is 10.9 Å². The first-order chi connectivity index (χ1) is 18.1. The van der Waals surface area contributed by atoms with E-state index in [4.69, 9.17) is 27.9 Å². The van der Waals surface area contributed by atoms with Gasteiger partial charge in [-0.15, -0.1) is 0 Å². The van der Waals surface area contributed by atoms with Crippen molar-refractivity contribution in [2.45, 2.75) is 13.0 Å². The Hall–Kier alpha value is -3.59. The molecule has 10 heteroatoms. The second kappa shape index (κ2) is 9.94. The van der Waals surface area contributed by atoms with E-state index in [9.17, 15) is 14.7 Å². The second-order valence-corrected chi connectivity index (χ2v) is 10.9. The third-order valence-corrected chi connectivity index (χ3v) is 7.96. The predicted octanol–water partition coefficient (Wildman–Crippen LogP) is 6.61. The fraction of sp³-hybridized carbons (Fsp3) is 0.179. The number of aliphatic hydroxyl groups is 1. The molecular weight excluding hydrogens is 545 g/mol. The number of amides is 1. The summed E-state index contributed by atoms with van der Waals surface area (Å²) in [6.07, 6.45) is 0. The number of nitrogens with zero attached hydrogens (tertiary/aromatic N) is 3. The van der Waals surface area contributed by atoms with Gasteiger partial charge in [-0.1, -0.05) is 52.7 Å². The largest absolute Gasteiger partial charge is 0.507 e. The van der Waals surface area contributed by atoms with E-state index in [0.717, 1.165) is 16.0 Å². The first kappa shape index (κ1) is 26.0. The van der Waals surface area contributed by atoms with Crippen LogP contribution in [0.25, 0.3) is 16.0 Å². The number of anilines is 2. The lowest BCUT2D eigenvalue weighted by Crippen LogP contribution is -2.29. The number of thiazole rings is 1. The standard InChI is InChI=1S/C28H23Cl2N3O4S/c1-14-5-10-20-21(11-14)38-28(31-20)33-23(15-6-8-17(9-7-15)32(2)3)22(25(35)27(33)36)24(34)16-12-18(29)26(37-4)19(30)13-16/h5-13,23,34H,1-4H3/b24-22+. The zero-order chi connectivity index (χ0) is 27.3. The topological polar surface area (TPSA) is 83.0 Å². The van der Waals surface area contributed by atoms with Crippen molar-refractivity contribution in [1.82, 2.24) is 4.98 Å². The first-order valence-electron chi connectivity index (χ1n) is 11.6. The fourth-order valence-electron chi connectivity index (χ4n) is 4.47. The highest BCUT2D eigenvalue weighted by atomic mass is 35.5. The van der Waals surface area contributed by atoms with E-state index in [0.29, 0.717) is 16.2 Å². The number of hydrogen-bond donors (Lipinski definition) is 1. The van der Waals surface area contributed by atoms with Crippen molar-refractivity contribution in [2.24, 2.45) is 0 Å². The zero-order valence-corrected chi connectivity index (χ0v) is 23.3. The van der Waals surface area contributed by atoms with Gasteiger partial charge in [0.2, 0.25) is 0 Å². The van der Waals surface area contributed by atoms with Crippen molar-refractivity contribution in [3.05, 3.63) is 86.9 Å². The van der Waals surface area contributed by atoms with Crippen LogP contribution in [0.15, 0.2) is 60.2 Å². The average molecular weight is 568 g/mol. The molecule has 1 unspecified atom stereocenters. The van der Waals surface area contributed by atoms with Gasteiger partial charge in [0, 0.05) is 25.3 Å². The van der Waals surface area contributed by atoms with Crippen molar-refractivity contribution in [3.8, 4) is 5.75 Å². The number of carbonyl (C=O) groups is 2. The first-order valence-corrected chi connectivity index (χ1v) is 13.2. The van der Waals surface area contributed by atoms with E-state index >= 15 is 0 Å². The number of ketones is 1. The van der Waals surface area contributed by atoms with Gasteiger partial charge < -0.3 is 14.7 Å². The Morgan fingerprint density at radius 1 is 1.05 bits per heavy atom. The van der Waals surface area contributed by atoms with E-state index < -0.39 is 23.5 Å². The van der Waals surface area contributed by atoms with Gasteiger partial charge in [-0.25, -0.2) is 4.98 Å². The maximum absolute atomic E-state index is 13.5. The van der Waals surface area contributed by atoms with Crippen LogP contribution in [0.1, 0.15) is 22.7 Å². The molecule has 1 aliphatic rings. The third-order valence-electron chi connectivity index (χ3n) is 6.38. The molecule has 0 bridgehead atoms. The minimum atomic E-state index is -0.924. The number of hydrogen-bond acceptors (Lipinski definition) is 7. The molecular formula is C28H23Cl2N3O4S. The van der Waals surface area contributed by atoms with Crippen LogP contribution >= 0.6 is 34.5 Å². The quantitative estimate of drug-likeness (QED) is 0.166. The van der Waals surface area contributed by atoms with Gasteiger partial charge in [-0.2, -0.15) is 0 Å². The number of methoxy groups -OCH3 is 1. The minimum absolute atomic E-state index is 0.0830. The summed E-state index contributed by atoms with van der Waals surface area (Å²) >= 11 is 13.9. The number of rotatable bonds is 5. The van der Waals surface area contributed by atoms with Crippen LogP contribution in [0.5, 0.6) is 5.75 Å². The summed E-state index contributed by atoms with van der Waals surface area (Å²) in [7, 11) is 5.26. The lowest BCUT2D eigenvalue weighted by atomic mass is 9.95. The molecule has 2 heterocycles. The summed E-state index contributed by atoms with van der Waals surface area (Å²) in [5.41, 5.74) is 3.45. The smallest absolute Gasteiger partial charge is 0.301 e. The molecule has 1 aromatic heterocycles. The van der Waals surface area contributed by atoms with Crippen LogP contribution in [-0.4, -0.2) is 43.0 Å². The van der Waals surface area contributed by atoms with E-state index in [-0.39, 0.29) is 26.9 Å². The number of aliphatic hydroxyl groups excluding tert-OH is 1. The molecule has 1 amide bonds. The Labute approximate surface area is 233 Å². The van der Waals surface area contributed by atoms with Gasteiger partial charge in [0.25, 0.3) is 5.78 Å². The maximum atomic E-state index is 13.5. The van der Waals surface area contributed by atoms with Gasteiger partial charge in [-0.3, -0.25) is 14.5 Å². The van der Waals surface area contributed by atoms with E-state index in [2.05, 4.69) is 4.98 Å². The van der Waals surface area contributed by atoms with Gasteiger partial charge in [-0.05, 0) is 54.4 Å².